The Morgan fingerprint density at radius 3 is 2.73 bits per heavy atom. The lowest BCUT2D eigenvalue weighted by Gasteiger charge is -2.14. The second-order valence-electron chi connectivity index (χ2n) is 5.23. The second kappa shape index (κ2) is 6.37. The molecule has 0 aliphatic carbocycles. The predicted molar refractivity (Wildman–Crippen MR) is 76.2 cm³/mol. The van der Waals surface area contributed by atoms with E-state index in [0.717, 1.165) is 0 Å². The molecule has 0 spiro atoms. The van der Waals surface area contributed by atoms with Gasteiger partial charge < -0.3 is 14.4 Å². The molecule has 0 saturated carbocycles. The molecular formula is C13H17N5O4. The lowest BCUT2D eigenvalue weighted by Crippen LogP contribution is -2.32. The van der Waals surface area contributed by atoms with Crippen molar-refractivity contribution < 1.29 is 9.32 Å². The van der Waals surface area contributed by atoms with Gasteiger partial charge in [0.2, 0.25) is 11.8 Å². The second-order valence-corrected chi connectivity index (χ2v) is 5.23. The number of H-pyrrole nitrogens is 2. The molecule has 2 N–H and O–H groups in total. The van der Waals surface area contributed by atoms with Gasteiger partial charge in [0.15, 0.2) is 5.82 Å². The summed E-state index contributed by atoms with van der Waals surface area (Å²) in [6.07, 6.45) is 1.11. The summed E-state index contributed by atoms with van der Waals surface area (Å²) < 4.78 is 5.06. The zero-order valence-electron chi connectivity index (χ0n) is 12.5. The van der Waals surface area contributed by atoms with Crippen LogP contribution >= 0.6 is 0 Å². The minimum atomic E-state index is -0.609. The third-order valence-electron chi connectivity index (χ3n) is 3.02. The van der Waals surface area contributed by atoms with Crippen molar-refractivity contribution in [3.8, 4) is 0 Å². The third kappa shape index (κ3) is 3.68. The molecule has 0 aliphatic rings. The fourth-order valence-corrected chi connectivity index (χ4v) is 1.73. The van der Waals surface area contributed by atoms with Crippen molar-refractivity contribution >= 4 is 5.91 Å². The topological polar surface area (TPSA) is 125 Å². The molecule has 0 saturated heterocycles. The van der Waals surface area contributed by atoms with Gasteiger partial charge in [0.25, 0.3) is 5.56 Å². The highest BCUT2D eigenvalue weighted by molar-refractivity contribution is 5.78. The van der Waals surface area contributed by atoms with Crippen LogP contribution in [0.15, 0.2) is 20.3 Å². The Balaban J connectivity index is 2.02. The fraction of sp³-hybridized carbons (Fsp3) is 0.462. The number of hydrogen-bond donors (Lipinski definition) is 2. The minimum Gasteiger partial charge on any atom is -0.339 e. The number of nitrogens with one attached hydrogen (secondary N) is 2. The Hall–Kier alpha value is -2.71. The number of amides is 1. The molecule has 2 aromatic heterocycles. The van der Waals surface area contributed by atoms with Gasteiger partial charge in [-0.1, -0.05) is 19.0 Å². The van der Waals surface area contributed by atoms with Crippen molar-refractivity contribution in [3.05, 3.63) is 44.3 Å². The van der Waals surface area contributed by atoms with E-state index in [9.17, 15) is 14.4 Å². The zero-order chi connectivity index (χ0) is 16.3. The quantitative estimate of drug-likeness (QED) is 0.786. The summed E-state index contributed by atoms with van der Waals surface area (Å²) in [5.74, 6) is 0.721. The Bertz CT molecular complexity index is 773. The van der Waals surface area contributed by atoms with Crippen molar-refractivity contribution in [1.29, 1.82) is 0 Å². The summed E-state index contributed by atoms with van der Waals surface area (Å²) in [6, 6.07) is 0. The Morgan fingerprint density at radius 1 is 1.41 bits per heavy atom. The number of hydrogen-bond acceptors (Lipinski definition) is 6. The molecule has 0 fully saturated rings. The van der Waals surface area contributed by atoms with Crippen LogP contribution < -0.4 is 11.2 Å². The third-order valence-corrected chi connectivity index (χ3v) is 3.02. The van der Waals surface area contributed by atoms with Crippen LogP contribution in [0.4, 0.5) is 0 Å². The van der Waals surface area contributed by atoms with Gasteiger partial charge in [-0.15, -0.1) is 0 Å². The van der Waals surface area contributed by atoms with Crippen LogP contribution in [0.5, 0.6) is 0 Å². The molecule has 118 valence electrons. The van der Waals surface area contributed by atoms with E-state index in [1.165, 1.54) is 11.1 Å². The first-order valence-electron chi connectivity index (χ1n) is 6.74. The minimum absolute atomic E-state index is 0.113. The van der Waals surface area contributed by atoms with E-state index in [0.29, 0.717) is 11.7 Å². The number of rotatable bonds is 5. The Kier molecular flexibility index (Phi) is 4.54. The maximum absolute atomic E-state index is 12.1. The molecule has 0 radical (unpaired) electrons. The molecule has 0 aromatic carbocycles. The molecular weight excluding hydrogens is 290 g/mol. The number of aromatic amines is 2. The lowest BCUT2D eigenvalue weighted by atomic mass is 10.2. The van der Waals surface area contributed by atoms with Crippen molar-refractivity contribution in [1.82, 2.24) is 25.0 Å². The van der Waals surface area contributed by atoms with Gasteiger partial charge in [-0.2, -0.15) is 4.98 Å². The molecule has 2 heterocycles. The zero-order valence-corrected chi connectivity index (χ0v) is 12.5. The first-order valence-corrected chi connectivity index (χ1v) is 6.74. The predicted octanol–water partition coefficient (Wildman–Crippen LogP) is -0.229. The summed E-state index contributed by atoms with van der Waals surface area (Å²) in [5.41, 5.74) is -0.998. The molecule has 1 amide bonds. The first-order chi connectivity index (χ1) is 10.4. The van der Waals surface area contributed by atoms with Crippen molar-refractivity contribution in [2.24, 2.45) is 0 Å². The molecule has 2 rings (SSSR count). The molecule has 0 unspecified atom stereocenters. The van der Waals surface area contributed by atoms with E-state index in [-0.39, 0.29) is 30.4 Å². The normalized spacial score (nSPS) is 10.9. The van der Waals surface area contributed by atoms with E-state index in [1.807, 2.05) is 13.8 Å². The van der Waals surface area contributed by atoms with E-state index < -0.39 is 11.2 Å². The average molecular weight is 307 g/mol. The van der Waals surface area contributed by atoms with Gasteiger partial charge >= 0.3 is 5.69 Å². The van der Waals surface area contributed by atoms with Crippen LogP contribution in [0.2, 0.25) is 0 Å². The summed E-state index contributed by atoms with van der Waals surface area (Å²) in [7, 11) is 1.58. The highest BCUT2D eigenvalue weighted by Gasteiger charge is 2.16. The number of carbonyl (C=O) groups is 1. The highest BCUT2D eigenvalue weighted by atomic mass is 16.5. The molecule has 9 heteroatoms. The molecule has 0 bridgehead atoms. The van der Waals surface area contributed by atoms with Gasteiger partial charge in [-0.05, 0) is 0 Å². The fourth-order valence-electron chi connectivity index (χ4n) is 1.73. The van der Waals surface area contributed by atoms with Gasteiger partial charge in [-0.3, -0.25) is 14.6 Å². The van der Waals surface area contributed by atoms with E-state index in [2.05, 4.69) is 20.1 Å². The van der Waals surface area contributed by atoms with E-state index in [4.69, 9.17) is 4.52 Å². The van der Waals surface area contributed by atoms with Crippen LogP contribution in [0.25, 0.3) is 0 Å². The van der Waals surface area contributed by atoms with Crippen LogP contribution in [-0.4, -0.2) is 38.0 Å². The van der Waals surface area contributed by atoms with Crippen molar-refractivity contribution in [2.75, 3.05) is 7.05 Å². The van der Waals surface area contributed by atoms with Gasteiger partial charge in [0, 0.05) is 24.7 Å². The maximum Gasteiger partial charge on any atom is 0.325 e. The largest absolute Gasteiger partial charge is 0.339 e. The highest BCUT2D eigenvalue weighted by Crippen LogP contribution is 2.11. The summed E-state index contributed by atoms with van der Waals surface area (Å²) in [6.45, 7) is 4.03. The maximum atomic E-state index is 12.1. The average Bonchev–Trinajstić information content (AvgIpc) is 2.90. The molecule has 2 aromatic rings. The van der Waals surface area contributed by atoms with Crippen LogP contribution in [0.1, 0.15) is 37.0 Å². The van der Waals surface area contributed by atoms with E-state index in [1.54, 1.807) is 7.05 Å². The number of aromatic nitrogens is 4. The van der Waals surface area contributed by atoms with Crippen molar-refractivity contribution in [3.63, 3.8) is 0 Å². The van der Waals surface area contributed by atoms with E-state index >= 15 is 0 Å². The SMILES string of the molecule is CC(C)c1nc(CN(C)C(=O)Cc2c[nH]c(=O)[nH]c2=O)no1. The number of nitrogens with zero attached hydrogens (tertiary/aromatic N) is 3. The molecule has 0 aliphatic heterocycles. The standard InChI is InChI=1S/C13H17N5O4/c1-7(2)12-15-9(17-22-12)6-18(3)10(19)4-8-5-14-13(21)16-11(8)20/h5,7H,4,6H2,1-3H3,(H2,14,16,20,21). The molecule has 9 nitrogen and oxygen atoms in total. The monoisotopic (exact) mass is 307 g/mol. The van der Waals surface area contributed by atoms with Gasteiger partial charge in [-0.25, -0.2) is 4.79 Å². The Labute approximate surface area is 125 Å². The molecule has 22 heavy (non-hydrogen) atoms. The number of likely N-dealkylation sites (N-methyl/N-ethyl adjacent to an activating group) is 1. The van der Waals surface area contributed by atoms with Crippen molar-refractivity contribution in [2.45, 2.75) is 32.7 Å². The van der Waals surface area contributed by atoms with Gasteiger partial charge in [0.1, 0.15) is 0 Å². The van der Waals surface area contributed by atoms with Gasteiger partial charge in [0.05, 0.1) is 13.0 Å². The lowest BCUT2D eigenvalue weighted by molar-refractivity contribution is -0.129. The first kappa shape index (κ1) is 15.7. The van der Waals surface area contributed by atoms with Crippen LogP contribution in [0, 0.1) is 0 Å². The Morgan fingerprint density at radius 2 is 2.14 bits per heavy atom. The summed E-state index contributed by atoms with van der Waals surface area (Å²) in [5, 5.41) is 3.80. The molecule has 0 atom stereocenters. The van der Waals surface area contributed by atoms with Crippen LogP contribution in [-0.2, 0) is 17.8 Å². The smallest absolute Gasteiger partial charge is 0.325 e. The summed E-state index contributed by atoms with van der Waals surface area (Å²) >= 11 is 0. The van der Waals surface area contributed by atoms with Crippen LogP contribution in [0.3, 0.4) is 0 Å². The number of carbonyl (C=O) groups excluding carboxylic acids is 1. The summed E-state index contributed by atoms with van der Waals surface area (Å²) in [4.78, 5) is 44.5.